The molecule has 0 N–H and O–H groups in total. The van der Waals surface area contributed by atoms with E-state index in [1.54, 1.807) is 0 Å². The minimum atomic E-state index is 0.932. The van der Waals surface area contributed by atoms with Crippen LogP contribution in [-0.4, -0.2) is 0 Å². The second kappa shape index (κ2) is 3.89. The second-order valence-corrected chi connectivity index (χ2v) is 5.53. The molecule has 0 saturated heterocycles. The van der Waals surface area contributed by atoms with E-state index < -0.39 is 0 Å². The average molecular weight is 270 g/mol. The molecule has 0 atom stereocenters. The molecular formula is C19H14N2. The zero-order valence-corrected chi connectivity index (χ0v) is 11.5. The molecule has 0 spiro atoms. The SMILES string of the molecule is c1ccc2c(c1)CN1c3ccccc3-c3ccccc3N21. The molecule has 0 saturated carbocycles. The highest BCUT2D eigenvalue weighted by Gasteiger charge is 2.34. The predicted molar refractivity (Wildman–Crippen MR) is 86.6 cm³/mol. The van der Waals surface area contributed by atoms with Crippen molar-refractivity contribution in [3.05, 3.63) is 78.4 Å². The fourth-order valence-electron chi connectivity index (χ4n) is 3.48. The highest BCUT2D eigenvalue weighted by atomic mass is 15.7. The lowest BCUT2D eigenvalue weighted by atomic mass is 9.99. The first kappa shape index (κ1) is 11.0. The van der Waals surface area contributed by atoms with Gasteiger partial charge in [0.05, 0.1) is 23.6 Å². The van der Waals surface area contributed by atoms with Crippen molar-refractivity contribution in [1.29, 1.82) is 0 Å². The first-order chi connectivity index (χ1) is 10.4. The van der Waals surface area contributed by atoms with Crippen LogP contribution in [0.1, 0.15) is 5.56 Å². The van der Waals surface area contributed by atoms with E-state index in [0.717, 1.165) is 6.54 Å². The smallest absolute Gasteiger partial charge is 0.0712 e. The average Bonchev–Trinajstić information content (AvgIpc) is 2.95. The Morgan fingerprint density at radius 2 is 1.14 bits per heavy atom. The summed E-state index contributed by atoms with van der Waals surface area (Å²) < 4.78 is 0. The van der Waals surface area contributed by atoms with Gasteiger partial charge >= 0.3 is 0 Å². The van der Waals surface area contributed by atoms with Crippen LogP contribution in [-0.2, 0) is 6.54 Å². The Morgan fingerprint density at radius 1 is 0.571 bits per heavy atom. The summed E-state index contributed by atoms with van der Waals surface area (Å²) in [6.07, 6.45) is 0. The number of fused-ring (bicyclic) bond motifs is 8. The van der Waals surface area contributed by atoms with Crippen molar-refractivity contribution < 1.29 is 0 Å². The number of rotatable bonds is 0. The molecule has 0 aromatic heterocycles. The summed E-state index contributed by atoms with van der Waals surface area (Å²) in [7, 11) is 0. The fourth-order valence-corrected chi connectivity index (χ4v) is 3.48. The molecule has 2 heterocycles. The highest BCUT2D eigenvalue weighted by molar-refractivity contribution is 5.96. The van der Waals surface area contributed by atoms with Crippen LogP contribution in [0.4, 0.5) is 17.1 Å². The van der Waals surface area contributed by atoms with Crippen molar-refractivity contribution in [2.45, 2.75) is 6.54 Å². The van der Waals surface area contributed by atoms with Gasteiger partial charge in [0.1, 0.15) is 0 Å². The number of anilines is 3. The molecule has 0 bridgehead atoms. The Bertz CT molecular complexity index is 853. The monoisotopic (exact) mass is 270 g/mol. The van der Waals surface area contributed by atoms with Crippen molar-refractivity contribution in [2.24, 2.45) is 0 Å². The lowest BCUT2D eigenvalue weighted by molar-refractivity contribution is 0.870. The summed E-state index contributed by atoms with van der Waals surface area (Å²) in [5.41, 5.74) is 7.84. The Labute approximate surface area is 123 Å². The Kier molecular flexibility index (Phi) is 2.03. The second-order valence-electron chi connectivity index (χ2n) is 5.53. The van der Waals surface area contributed by atoms with Gasteiger partial charge in [0.25, 0.3) is 0 Å². The van der Waals surface area contributed by atoms with Crippen molar-refractivity contribution in [2.75, 3.05) is 10.0 Å². The molecule has 3 aromatic rings. The summed E-state index contributed by atoms with van der Waals surface area (Å²) >= 11 is 0. The standard InChI is InChI=1S/C19H14N2/c1-4-10-17-14(7-1)13-20-18-11-5-2-8-15(18)16-9-3-6-12-19(16)21(17)20/h1-12H,13H2. The highest BCUT2D eigenvalue weighted by Crippen LogP contribution is 2.50. The van der Waals surface area contributed by atoms with Crippen molar-refractivity contribution in [3.63, 3.8) is 0 Å². The number of para-hydroxylation sites is 3. The molecule has 100 valence electrons. The van der Waals surface area contributed by atoms with Crippen LogP contribution in [0, 0.1) is 0 Å². The number of benzene rings is 3. The van der Waals surface area contributed by atoms with Crippen LogP contribution in [0.15, 0.2) is 72.8 Å². The van der Waals surface area contributed by atoms with E-state index in [1.165, 1.54) is 33.8 Å². The normalized spacial score (nSPS) is 14.3. The van der Waals surface area contributed by atoms with Gasteiger partial charge in [-0.15, -0.1) is 0 Å². The molecule has 2 heteroatoms. The zero-order chi connectivity index (χ0) is 13.8. The molecule has 0 fully saturated rings. The maximum Gasteiger partial charge on any atom is 0.0712 e. The van der Waals surface area contributed by atoms with E-state index in [9.17, 15) is 0 Å². The van der Waals surface area contributed by atoms with Gasteiger partial charge in [-0.05, 0) is 23.8 Å². The van der Waals surface area contributed by atoms with Crippen molar-refractivity contribution in [1.82, 2.24) is 0 Å². The number of nitrogens with zero attached hydrogens (tertiary/aromatic N) is 2. The summed E-state index contributed by atoms with van der Waals surface area (Å²) in [5.74, 6) is 0. The molecule has 0 radical (unpaired) electrons. The van der Waals surface area contributed by atoms with Gasteiger partial charge in [0.15, 0.2) is 0 Å². The predicted octanol–water partition coefficient (Wildman–Crippen LogP) is 4.74. The first-order valence-electron chi connectivity index (χ1n) is 7.27. The number of hydrazine groups is 1. The zero-order valence-electron chi connectivity index (χ0n) is 11.5. The fraction of sp³-hybridized carbons (Fsp3) is 0.0526. The Balaban J connectivity index is 1.85. The van der Waals surface area contributed by atoms with Crippen LogP contribution in [0.5, 0.6) is 0 Å². The number of hydrogen-bond donors (Lipinski definition) is 0. The number of hydrogen-bond acceptors (Lipinski definition) is 2. The van der Waals surface area contributed by atoms with Crippen LogP contribution < -0.4 is 10.0 Å². The third kappa shape index (κ3) is 1.37. The largest absolute Gasteiger partial charge is 0.276 e. The summed E-state index contributed by atoms with van der Waals surface area (Å²) in [6.45, 7) is 0.932. The van der Waals surface area contributed by atoms with Crippen LogP contribution in [0.25, 0.3) is 11.1 Å². The summed E-state index contributed by atoms with van der Waals surface area (Å²) in [6, 6.07) is 26.0. The van der Waals surface area contributed by atoms with Gasteiger partial charge in [-0.1, -0.05) is 54.6 Å². The molecule has 0 aliphatic carbocycles. The summed E-state index contributed by atoms with van der Waals surface area (Å²) in [4.78, 5) is 0. The molecule has 2 nitrogen and oxygen atoms in total. The first-order valence-corrected chi connectivity index (χ1v) is 7.27. The topological polar surface area (TPSA) is 6.48 Å². The molecule has 21 heavy (non-hydrogen) atoms. The van der Waals surface area contributed by atoms with Gasteiger partial charge in [-0.2, -0.15) is 0 Å². The lowest BCUT2D eigenvalue weighted by Gasteiger charge is -2.38. The quantitative estimate of drug-likeness (QED) is 0.582. The van der Waals surface area contributed by atoms with E-state index in [4.69, 9.17) is 0 Å². The summed E-state index contributed by atoms with van der Waals surface area (Å²) in [5, 5.41) is 4.73. The van der Waals surface area contributed by atoms with E-state index >= 15 is 0 Å². The molecule has 5 rings (SSSR count). The maximum atomic E-state index is 2.38. The lowest BCUT2D eigenvalue weighted by Crippen LogP contribution is -2.36. The van der Waals surface area contributed by atoms with E-state index in [0.29, 0.717) is 0 Å². The molecular weight excluding hydrogens is 256 g/mol. The van der Waals surface area contributed by atoms with E-state index in [-0.39, 0.29) is 0 Å². The van der Waals surface area contributed by atoms with Gasteiger partial charge in [0.2, 0.25) is 0 Å². The van der Waals surface area contributed by atoms with Gasteiger partial charge in [-0.25, -0.2) is 0 Å². The minimum Gasteiger partial charge on any atom is -0.276 e. The van der Waals surface area contributed by atoms with Gasteiger partial charge < -0.3 is 0 Å². The van der Waals surface area contributed by atoms with Crippen molar-refractivity contribution in [3.8, 4) is 11.1 Å². The van der Waals surface area contributed by atoms with E-state index in [1.807, 2.05) is 0 Å². The van der Waals surface area contributed by atoms with E-state index in [2.05, 4.69) is 82.8 Å². The van der Waals surface area contributed by atoms with Gasteiger partial charge in [0, 0.05) is 11.1 Å². The molecule has 2 aliphatic heterocycles. The van der Waals surface area contributed by atoms with Crippen LogP contribution in [0.2, 0.25) is 0 Å². The third-order valence-electron chi connectivity index (χ3n) is 4.39. The maximum absolute atomic E-state index is 2.38. The Morgan fingerprint density at radius 3 is 1.95 bits per heavy atom. The Hall–Kier alpha value is -2.74. The molecule has 3 aromatic carbocycles. The molecule has 0 unspecified atom stereocenters. The van der Waals surface area contributed by atoms with Gasteiger partial charge in [-0.3, -0.25) is 10.0 Å². The molecule has 0 amide bonds. The minimum absolute atomic E-state index is 0.932. The third-order valence-corrected chi connectivity index (χ3v) is 4.39. The van der Waals surface area contributed by atoms with Crippen molar-refractivity contribution >= 4 is 17.1 Å². The van der Waals surface area contributed by atoms with Crippen LogP contribution >= 0.6 is 0 Å². The van der Waals surface area contributed by atoms with Crippen LogP contribution in [0.3, 0.4) is 0 Å². The molecule has 2 aliphatic rings.